The van der Waals surface area contributed by atoms with Crippen LogP contribution in [-0.4, -0.2) is 27.8 Å². The van der Waals surface area contributed by atoms with Crippen molar-refractivity contribution in [2.45, 2.75) is 33.2 Å². The number of aryl methyl sites for hydroxylation is 3. The summed E-state index contributed by atoms with van der Waals surface area (Å²) in [6.45, 7) is 3.82. The summed E-state index contributed by atoms with van der Waals surface area (Å²) in [5.74, 6) is -1.30. The van der Waals surface area contributed by atoms with Crippen LogP contribution in [0, 0.1) is 24.0 Å². The number of para-hydroxylation sites is 1. The zero-order valence-electron chi connectivity index (χ0n) is 17.1. The Kier molecular flexibility index (Phi) is 6.49. The number of nitrogens with one attached hydrogen (secondary N) is 2. The van der Waals surface area contributed by atoms with E-state index >= 15 is 0 Å². The van der Waals surface area contributed by atoms with Crippen LogP contribution < -0.4 is 16.4 Å². The van der Waals surface area contributed by atoms with E-state index in [0.29, 0.717) is 11.9 Å². The molecule has 2 aromatic carbocycles. The van der Waals surface area contributed by atoms with E-state index in [9.17, 15) is 24.5 Å². The number of anilines is 1. The molecule has 2 amide bonds. The molecule has 162 valence electrons. The molecule has 0 saturated heterocycles. The second-order valence-corrected chi connectivity index (χ2v) is 7.12. The van der Waals surface area contributed by atoms with Crippen LogP contribution in [0.15, 0.2) is 45.6 Å². The first-order chi connectivity index (χ1) is 14.8. The Bertz CT molecular complexity index is 1190. The molecule has 0 aliphatic heterocycles. The van der Waals surface area contributed by atoms with E-state index < -0.39 is 10.7 Å². The maximum atomic E-state index is 12.1. The summed E-state index contributed by atoms with van der Waals surface area (Å²) in [6.07, 6.45) is 0.429. The number of fused-ring (bicyclic) bond motifs is 1. The highest BCUT2D eigenvalue weighted by molar-refractivity contribution is 5.95. The molecule has 0 saturated carbocycles. The van der Waals surface area contributed by atoms with Crippen molar-refractivity contribution in [3.05, 3.63) is 68.2 Å². The van der Waals surface area contributed by atoms with Crippen molar-refractivity contribution in [1.82, 2.24) is 9.88 Å². The van der Waals surface area contributed by atoms with Gasteiger partial charge >= 0.3 is 5.76 Å². The zero-order chi connectivity index (χ0) is 22.5. The highest BCUT2D eigenvalue weighted by atomic mass is 16.6. The quantitative estimate of drug-likeness (QED) is 0.420. The minimum absolute atomic E-state index is 0.1000. The van der Waals surface area contributed by atoms with E-state index in [1.54, 1.807) is 0 Å². The van der Waals surface area contributed by atoms with Gasteiger partial charge in [-0.2, -0.15) is 0 Å². The third-order valence-electron chi connectivity index (χ3n) is 4.84. The predicted molar refractivity (Wildman–Crippen MR) is 114 cm³/mol. The van der Waals surface area contributed by atoms with Crippen LogP contribution in [-0.2, 0) is 16.1 Å². The smallest absolute Gasteiger partial charge is 0.407 e. The number of aromatic nitrogens is 1. The Hall–Kier alpha value is -3.95. The van der Waals surface area contributed by atoms with Crippen molar-refractivity contribution in [3.8, 4) is 0 Å². The van der Waals surface area contributed by atoms with Crippen LogP contribution >= 0.6 is 0 Å². The van der Waals surface area contributed by atoms with E-state index in [4.69, 9.17) is 4.42 Å². The van der Waals surface area contributed by atoms with Crippen LogP contribution in [0.25, 0.3) is 11.1 Å². The average Bonchev–Trinajstić information content (AvgIpc) is 3.03. The summed E-state index contributed by atoms with van der Waals surface area (Å²) in [6, 6.07) is 9.60. The molecule has 0 fully saturated rings. The molecule has 0 unspecified atom stereocenters. The standard InChI is InChI=1S/C21H22N4O6/c1-13-5-3-6-14(2)20(13)23-19(27)12-22-18(26)7-4-10-24-16-9-8-15(25(29)30)11-17(16)31-21(24)28/h3,5-6,8-9,11H,4,7,10,12H2,1-2H3,(H,22,26)(H,23,27). The van der Waals surface area contributed by atoms with Crippen LogP contribution in [0.5, 0.6) is 0 Å². The predicted octanol–water partition coefficient (Wildman–Crippen LogP) is 2.65. The molecule has 0 radical (unpaired) electrons. The fourth-order valence-corrected chi connectivity index (χ4v) is 3.24. The summed E-state index contributed by atoms with van der Waals surface area (Å²) >= 11 is 0. The van der Waals surface area contributed by atoms with Crippen molar-refractivity contribution < 1.29 is 18.9 Å². The number of nitro benzene ring substituents is 1. The molecule has 1 heterocycles. The maximum Gasteiger partial charge on any atom is 0.419 e. The van der Waals surface area contributed by atoms with Crippen molar-refractivity contribution in [2.75, 3.05) is 11.9 Å². The lowest BCUT2D eigenvalue weighted by atomic mass is 10.1. The molecule has 1 aromatic heterocycles. The lowest BCUT2D eigenvalue weighted by molar-refractivity contribution is -0.384. The number of rotatable bonds is 8. The van der Waals surface area contributed by atoms with Crippen molar-refractivity contribution in [2.24, 2.45) is 0 Å². The first kappa shape index (κ1) is 21.8. The molecule has 10 heteroatoms. The Labute approximate surface area is 177 Å². The number of carbonyl (C=O) groups excluding carboxylic acids is 2. The SMILES string of the molecule is Cc1cccc(C)c1NC(=O)CNC(=O)CCCn1c(=O)oc2cc([N+](=O)[O-])ccc21. The Morgan fingerprint density at radius 3 is 2.52 bits per heavy atom. The van der Waals surface area contributed by atoms with E-state index in [1.165, 1.54) is 22.8 Å². The fourth-order valence-electron chi connectivity index (χ4n) is 3.24. The van der Waals surface area contributed by atoms with Crippen LogP contribution in [0.4, 0.5) is 11.4 Å². The topological polar surface area (TPSA) is 136 Å². The lowest BCUT2D eigenvalue weighted by Crippen LogP contribution is -2.33. The van der Waals surface area contributed by atoms with Gasteiger partial charge in [0.05, 0.1) is 23.1 Å². The summed E-state index contributed by atoms with van der Waals surface area (Å²) in [7, 11) is 0. The van der Waals surface area contributed by atoms with E-state index in [-0.39, 0.29) is 42.6 Å². The highest BCUT2D eigenvalue weighted by Gasteiger charge is 2.14. The minimum Gasteiger partial charge on any atom is -0.407 e. The van der Waals surface area contributed by atoms with Gasteiger partial charge in [-0.05, 0) is 37.5 Å². The second-order valence-electron chi connectivity index (χ2n) is 7.12. The van der Waals surface area contributed by atoms with E-state index in [0.717, 1.165) is 16.8 Å². The number of amides is 2. The van der Waals surface area contributed by atoms with Gasteiger partial charge in [-0.1, -0.05) is 18.2 Å². The number of benzene rings is 2. The van der Waals surface area contributed by atoms with Gasteiger partial charge in [0.1, 0.15) is 0 Å². The van der Waals surface area contributed by atoms with Crippen molar-refractivity contribution in [3.63, 3.8) is 0 Å². The number of oxazole rings is 1. The van der Waals surface area contributed by atoms with Crippen molar-refractivity contribution in [1.29, 1.82) is 0 Å². The monoisotopic (exact) mass is 426 g/mol. The number of hydrogen-bond acceptors (Lipinski definition) is 6. The first-order valence-corrected chi connectivity index (χ1v) is 9.67. The van der Waals surface area contributed by atoms with Gasteiger partial charge in [-0.25, -0.2) is 4.79 Å². The Morgan fingerprint density at radius 2 is 1.84 bits per heavy atom. The largest absolute Gasteiger partial charge is 0.419 e. The average molecular weight is 426 g/mol. The van der Waals surface area contributed by atoms with Gasteiger partial charge < -0.3 is 15.1 Å². The fraction of sp³-hybridized carbons (Fsp3) is 0.286. The van der Waals surface area contributed by atoms with Crippen LogP contribution in [0.1, 0.15) is 24.0 Å². The molecular formula is C21H22N4O6. The molecule has 0 aliphatic rings. The number of non-ortho nitro benzene ring substituents is 1. The summed E-state index contributed by atoms with van der Waals surface area (Å²) in [5, 5.41) is 16.2. The molecular weight excluding hydrogens is 404 g/mol. The van der Waals surface area contributed by atoms with Gasteiger partial charge in [-0.3, -0.25) is 24.3 Å². The van der Waals surface area contributed by atoms with Crippen LogP contribution in [0.3, 0.4) is 0 Å². The number of hydrogen-bond donors (Lipinski definition) is 2. The first-order valence-electron chi connectivity index (χ1n) is 9.67. The van der Waals surface area contributed by atoms with Gasteiger partial charge in [0.15, 0.2) is 5.58 Å². The number of nitro groups is 1. The van der Waals surface area contributed by atoms with Gasteiger partial charge in [0.25, 0.3) is 5.69 Å². The second kappa shape index (κ2) is 9.24. The lowest BCUT2D eigenvalue weighted by Gasteiger charge is -2.12. The van der Waals surface area contributed by atoms with Gasteiger partial charge in [0, 0.05) is 24.7 Å². The minimum atomic E-state index is -0.649. The van der Waals surface area contributed by atoms with E-state index in [1.807, 2.05) is 32.0 Å². The van der Waals surface area contributed by atoms with Crippen molar-refractivity contribution >= 4 is 34.3 Å². The number of nitrogens with zero attached hydrogens (tertiary/aromatic N) is 2. The third kappa shape index (κ3) is 5.16. The molecule has 0 bridgehead atoms. The zero-order valence-corrected chi connectivity index (χ0v) is 17.1. The Morgan fingerprint density at radius 1 is 1.13 bits per heavy atom. The molecule has 31 heavy (non-hydrogen) atoms. The van der Waals surface area contributed by atoms with E-state index in [2.05, 4.69) is 10.6 Å². The third-order valence-corrected chi connectivity index (χ3v) is 4.84. The molecule has 0 atom stereocenters. The summed E-state index contributed by atoms with van der Waals surface area (Å²) < 4.78 is 6.37. The summed E-state index contributed by atoms with van der Waals surface area (Å²) in [4.78, 5) is 46.4. The van der Waals surface area contributed by atoms with Gasteiger partial charge in [0.2, 0.25) is 11.8 Å². The molecule has 3 rings (SSSR count). The Balaban J connectivity index is 1.50. The maximum absolute atomic E-state index is 12.1. The van der Waals surface area contributed by atoms with Gasteiger partial charge in [-0.15, -0.1) is 0 Å². The molecule has 2 N–H and O–H groups in total. The highest BCUT2D eigenvalue weighted by Crippen LogP contribution is 2.20. The molecule has 10 nitrogen and oxygen atoms in total. The molecule has 3 aromatic rings. The summed E-state index contributed by atoms with van der Waals surface area (Å²) in [5.41, 5.74) is 2.96. The molecule has 0 spiro atoms. The normalized spacial score (nSPS) is 10.8. The number of carbonyl (C=O) groups is 2. The van der Waals surface area contributed by atoms with Crippen LogP contribution in [0.2, 0.25) is 0 Å². The molecule has 0 aliphatic carbocycles.